The van der Waals surface area contributed by atoms with Gasteiger partial charge in [-0.2, -0.15) is 0 Å². The van der Waals surface area contributed by atoms with Gasteiger partial charge in [0.25, 0.3) is 0 Å². The molecular formula is C29H45NO4. The summed E-state index contributed by atoms with van der Waals surface area (Å²) < 4.78 is 0. The van der Waals surface area contributed by atoms with Crippen LogP contribution in [-0.2, 0) is 9.59 Å². The second kappa shape index (κ2) is 6.97. The fraction of sp³-hybridized carbons (Fsp3) is 0.862. The molecule has 0 amide bonds. The third kappa shape index (κ3) is 2.80. The molecule has 0 aromatic carbocycles. The van der Waals surface area contributed by atoms with Crippen LogP contribution in [0, 0.1) is 44.8 Å². The van der Waals surface area contributed by atoms with Gasteiger partial charge in [0.05, 0.1) is 11.5 Å². The number of nitrogens with two attached hydrogens (primary N) is 1. The molecule has 0 spiro atoms. The summed E-state index contributed by atoms with van der Waals surface area (Å²) >= 11 is 0. The lowest BCUT2D eigenvalue weighted by atomic mass is 9.35. The van der Waals surface area contributed by atoms with Gasteiger partial charge in [0.1, 0.15) is 0 Å². The van der Waals surface area contributed by atoms with E-state index in [-0.39, 0.29) is 51.3 Å². The fourth-order valence-corrected chi connectivity index (χ4v) is 10.1. The monoisotopic (exact) mass is 471 g/mol. The summed E-state index contributed by atoms with van der Waals surface area (Å²) in [6, 6.07) is 0. The Hall–Kier alpha value is -1.20. The van der Waals surface area contributed by atoms with E-state index in [4.69, 9.17) is 5.73 Å². The lowest BCUT2D eigenvalue weighted by Gasteiger charge is -2.70. The lowest BCUT2D eigenvalue weighted by Crippen LogP contribution is -2.72. The topological polar surface area (TPSA) is 101 Å². The molecule has 190 valence electrons. The van der Waals surface area contributed by atoms with Crippen molar-refractivity contribution < 1.29 is 19.8 Å². The Morgan fingerprint density at radius 3 is 2.26 bits per heavy atom. The first-order valence-electron chi connectivity index (χ1n) is 13.5. The van der Waals surface area contributed by atoms with Crippen LogP contribution in [0.4, 0.5) is 0 Å². The summed E-state index contributed by atoms with van der Waals surface area (Å²) in [5, 5.41) is 20.9. The average molecular weight is 472 g/mol. The maximum atomic E-state index is 14.1. The number of hydrogen-bond acceptors (Lipinski definition) is 4. The van der Waals surface area contributed by atoms with E-state index in [9.17, 15) is 19.8 Å². The van der Waals surface area contributed by atoms with Crippen molar-refractivity contribution in [3.05, 3.63) is 11.6 Å². The molecule has 5 heteroatoms. The molecule has 0 heterocycles. The summed E-state index contributed by atoms with van der Waals surface area (Å²) in [5.41, 5.74) is 6.45. The number of hydrogen-bond donors (Lipinski definition) is 3. The van der Waals surface area contributed by atoms with Crippen LogP contribution in [0.3, 0.4) is 0 Å². The molecule has 9 atom stereocenters. The van der Waals surface area contributed by atoms with Crippen LogP contribution >= 0.6 is 0 Å². The first-order valence-corrected chi connectivity index (χ1v) is 13.5. The Bertz CT molecular complexity index is 971. The fourth-order valence-electron chi connectivity index (χ4n) is 10.1. The van der Waals surface area contributed by atoms with Crippen molar-refractivity contribution in [1.82, 2.24) is 0 Å². The van der Waals surface area contributed by atoms with Gasteiger partial charge in [0, 0.05) is 11.5 Å². The van der Waals surface area contributed by atoms with Gasteiger partial charge in [-0.15, -0.1) is 0 Å². The van der Waals surface area contributed by atoms with Crippen molar-refractivity contribution in [3.63, 3.8) is 0 Å². The van der Waals surface area contributed by atoms with Crippen molar-refractivity contribution in [2.24, 2.45) is 50.6 Å². The van der Waals surface area contributed by atoms with Gasteiger partial charge < -0.3 is 15.9 Å². The van der Waals surface area contributed by atoms with Gasteiger partial charge in [0.15, 0.2) is 5.78 Å². The lowest BCUT2D eigenvalue weighted by molar-refractivity contribution is -0.192. The standard InChI is InChI=1S/C29H45NO4/c1-24(2)20-7-10-28(6)22(27(20,5)9-8-21(24)32)19(31)15-17-18-16-26(4,23(33)34)12-11-25(18,3)13-14-29(17,28)30/h15,18,20-22,32H,7-14,16,30H2,1-6H3,(H,33,34)/t18-,20?,21-,22+,25+,26-,27-,28+,29-/m0/s1. The summed E-state index contributed by atoms with van der Waals surface area (Å²) in [5.74, 6) is -0.366. The predicted molar refractivity (Wildman–Crippen MR) is 132 cm³/mol. The van der Waals surface area contributed by atoms with Crippen LogP contribution in [0.15, 0.2) is 11.6 Å². The van der Waals surface area contributed by atoms with Gasteiger partial charge in [0.2, 0.25) is 0 Å². The molecule has 0 saturated heterocycles. The van der Waals surface area contributed by atoms with Crippen molar-refractivity contribution in [2.45, 2.75) is 111 Å². The molecule has 0 bridgehead atoms. The second-order valence-electron chi connectivity index (χ2n) is 14.6. The first-order chi connectivity index (χ1) is 15.6. The first kappa shape index (κ1) is 24.5. The zero-order valence-corrected chi connectivity index (χ0v) is 22.0. The Labute approximate surface area is 204 Å². The second-order valence-corrected chi connectivity index (χ2v) is 14.6. The highest BCUT2D eigenvalue weighted by Gasteiger charge is 2.70. The van der Waals surface area contributed by atoms with Crippen LogP contribution in [0.5, 0.6) is 0 Å². The SMILES string of the molecule is CC1(C)C2CC[C@]3(C)[C@H](C(=O)C=C4[C@@H]5C[C@@](C)(C(=O)O)CC[C@]5(C)CC[C@]43N)[C@@]2(C)CC[C@@H]1O. The number of aliphatic hydroxyl groups is 1. The number of aliphatic carboxylic acids is 1. The minimum atomic E-state index is -0.767. The molecule has 0 aliphatic heterocycles. The number of carboxylic acids is 1. The van der Waals surface area contributed by atoms with Gasteiger partial charge >= 0.3 is 5.97 Å². The predicted octanol–water partition coefficient (Wildman–Crippen LogP) is 5.10. The number of carboxylic acid groups (broad SMARTS) is 1. The van der Waals surface area contributed by atoms with Crippen LogP contribution in [0.2, 0.25) is 0 Å². The molecule has 4 N–H and O–H groups in total. The third-order valence-electron chi connectivity index (χ3n) is 12.6. The van der Waals surface area contributed by atoms with Crippen LogP contribution in [0.1, 0.15) is 99.3 Å². The van der Waals surface area contributed by atoms with E-state index < -0.39 is 16.9 Å². The highest BCUT2D eigenvalue weighted by Crippen LogP contribution is 2.71. The highest BCUT2D eigenvalue weighted by atomic mass is 16.4. The largest absolute Gasteiger partial charge is 0.481 e. The van der Waals surface area contributed by atoms with Gasteiger partial charge in [-0.05, 0) is 110 Å². The smallest absolute Gasteiger partial charge is 0.309 e. The van der Waals surface area contributed by atoms with E-state index in [1.54, 1.807) is 0 Å². The maximum absolute atomic E-state index is 14.1. The average Bonchev–Trinajstić information content (AvgIpc) is 2.73. The van der Waals surface area contributed by atoms with E-state index in [0.29, 0.717) is 12.8 Å². The molecule has 5 aliphatic rings. The van der Waals surface area contributed by atoms with Crippen LogP contribution in [-0.4, -0.2) is 33.6 Å². The summed E-state index contributed by atoms with van der Waals surface area (Å²) in [4.78, 5) is 26.3. The summed E-state index contributed by atoms with van der Waals surface area (Å²) in [6.07, 6.45) is 8.97. The molecule has 1 unspecified atom stereocenters. The zero-order valence-electron chi connectivity index (χ0n) is 22.0. The van der Waals surface area contributed by atoms with E-state index >= 15 is 0 Å². The minimum absolute atomic E-state index is 0.00514. The molecule has 4 saturated carbocycles. The molecule has 0 aromatic heterocycles. The van der Waals surface area contributed by atoms with Crippen molar-refractivity contribution >= 4 is 11.8 Å². The Kier molecular flexibility index (Phi) is 5.02. The van der Waals surface area contributed by atoms with Crippen molar-refractivity contribution in [1.29, 1.82) is 0 Å². The molecule has 5 rings (SSSR count). The van der Waals surface area contributed by atoms with Crippen LogP contribution in [0.25, 0.3) is 0 Å². The van der Waals surface area contributed by atoms with Crippen molar-refractivity contribution in [2.75, 3.05) is 0 Å². The number of ketones is 1. The number of rotatable bonds is 1. The Balaban J connectivity index is 1.62. The number of carbonyl (C=O) groups excluding carboxylic acids is 1. The van der Waals surface area contributed by atoms with E-state index in [1.165, 1.54) is 0 Å². The Morgan fingerprint density at radius 1 is 0.971 bits per heavy atom. The van der Waals surface area contributed by atoms with Gasteiger partial charge in [-0.25, -0.2) is 0 Å². The number of carbonyl (C=O) groups is 2. The number of fused-ring (bicyclic) bond motifs is 7. The van der Waals surface area contributed by atoms with Gasteiger partial charge in [-0.3, -0.25) is 9.59 Å². The third-order valence-corrected chi connectivity index (χ3v) is 12.6. The summed E-state index contributed by atoms with van der Waals surface area (Å²) in [7, 11) is 0. The molecule has 0 aromatic rings. The number of allylic oxidation sites excluding steroid dienone is 1. The molecule has 0 radical (unpaired) electrons. The molecular weight excluding hydrogens is 426 g/mol. The molecule has 34 heavy (non-hydrogen) atoms. The molecule has 5 aliphatic carbocycles. The minimum Gasteiger partial charge on any atom is -0.481 e. The van der Waals surface area contributed by atoms with E-state index in [0.717, 1.165) is 50.5 Å². The van der Waals surface area contributed by atoms with Crippen molar-refractivity contribution in [3.8, 4) is 0 Å². The maximum Gasteiger partial charge on any atom is 0.309 e. The highest BCUT2D eigenvalue weighted by molar-refractivity contribution is 5.96. The molecule has 5 nitrogen and oxygen atoms in total. The van der Waals surface area contributed by atoms with Gasteiger partial charge in [-0.1, -0.05) is 34.6 Å². The normalized spacial score (nSPS) is 54.1. The quantitative estimate of drug-likeness (QED) is 0.494. The Morgan fingerprint density at radius 2 is 1.62 bits per heavy atom. The van der Waals surface area contributed by atoms with E-state index in [2.05, 4.69) is 34.6 Å². The van der Waals surface area contributed by atoms with E-state index in [1.807, 2.05) is 13.0 Å². The zero-order chi connectivity index (χ0) is 25.1. The summed E-state index contributed by atoms with van der Waals surface area (Å²) in [6.45, 7) is 13.1. The van der Waals surface area contributed by atoms with Crippen LogP contribution < -0.4 is 5.73 Å². The molecule has 4 fully saturated rings. The number of aliphatic hydroxyl groups excluding tert-OH is 1.